The molecular formula is C21H29N3O3. The van der Waals surface area contributed by atoms with Crippen LogP contribution < -0.4 is 9.47 Å². The predicted octanol–water partition coefficient (Wildman–Crippen LogP) is 3.49. The molecule has 0 bridgehead atoms. The minimum Gasteiger partial charge on any atom is -0.493 e. The number of nitrogens with zero attached hydrogens (tertiary/aromatic N) is 3. The Morgan fingerprint density at radius 1 is 1.30 bits per heavy atom. The molecule has 1 atom stereocenters. The quantitative estimate of drug-likeness (QED) is 0.675. The number of methoxy groups -OCH3 is 2. The summed E-state index contributed by atoms with van der Waals surface area (Å²) in [6.07, 6.45) is 6.17. The molecule has 1 aliphatic rings. The van der Waals surface area contributed by atoms with Crippen molar-refractivity contribution >= 4 is 6.20 Å². The molecule has 1 saturated heterocycles. The molecule has 6 nitrogen and oxygen atoms in total. The van der Waals surface area contributed by atoms with Crippen molar-refractivity contribution < 1.29 is 14.2 Å². The standard InChI is InChI=1S/C21H29N3O3/c1-5-24-16(2)18(12-22-24)14-23(15-19-9-7-11-27-19)13-17-8-6-10-20(25-3)21(17)26-4/h5-6,8,10,12,19H,1,7,9,11,13-15H2,2-4H3. The number of aromatic nitrogens is 2. The topological polar surface area (TPSA) is 48.8 Å². The fourth-order valence-corrected chi connectivity index (χ4v) is 3.62. The molecule has 6 heteroatoms. The van der Waals surface area contributed by atoms with Gasteiger partial charge in [0.1, 0.15) is 0 Å². The molecule has 1 fully saturated rings. The van der Waals surface area contributed by atoms with Crippen LogP contribution in [0.25, 0.3) is 6.20 Å². The zero-order chi connectivity index (χ0) is 19.2. The maximum Gasteiger partial charge on any atom is 0.165 e. The smallest absolute Gasteiger partial charge is 0.165 e. The monoisotopic (exact) mass is 371 g/mol. The Bertz CT molecular complexity index is 766. The van der Waals surface area contributed by atoms with Gasteiger partial charge in [-0.1, -0.05) is 18.7 Å². The Labute approximate surface area is 161 Å². The van der Waals surface area contributed by atoms with Crippen LogP contribution in [0.1, 0.15) is 29.7 Å². The summed E-state index contributed by atoms with van der Waals surface area (Å²) in [6.45, 7) is 9.15. The highest BCUT2D eigenvalue weighted by Crippen LogP contribution is 2.32. The molecule has 1 aromatic carbocycles. The van der Waals surface area contributed by atoms with Crippen molar-refractivity contribution in [3.05, 3.63) is 47.8 Å². The van der Waals surface area contributed by atoms with Gasteiger partial charge >= 0.3 is 0 Å². The number of hydrogen-bond donors (Lipinski definition) is 0. The van der Waals surface area contributed by atoms with E-state index in [0.29, 0.717) is 0 Å². The minimum absolute atomic E-state index is 0.274. The largest absolute Gasteiger partial charge is 0.493 e. The van der Waals surface area contributed by atoms with E-state index in [9.17, 15) is 0 Å². The van der Waals surface area contributed by atoms with Gasteiger partial charge < -0.3 is 14.2 Å². The van der Waals surface area contributed by atoms with E-state index < -0.39 is 0 Å². The van der Waals surface area contributed by atoms with Crippen LogP contribution in [0.3, 0.4) is 0 Å². The maximum atomic E-state index is 5.88. The van der Waals surface area contributed by atoms with Gasteiger partial charge in [-0.25, -0.2) is 4.68 Å². The van der Waals surface area contributed by atoms with Crippen LogP contribution in [0.2, 0.25) is 0 Å². The Morgan fingerprint density at radius 3 is 2.74 bits per heavy atom. The van der Waals surface area contributed by atoms with Gasteiger partial charge in [0.25, 0.3) is 0 Å². The molecule has 0 N–H and O–H groups in total. The van der Waals surface area contributed by atoms with Gasteiger partial charge in [0.15, 0.2) is 11.5 Å². The molecule has 27 heavy (non-hydrogen) atoms. The lowest BCUT2D eigenvalue weighted by Gasteiger charge is -2.26. The van der Waals surface area contributed by atoms with E-state index in [-0.39, 0.29) is 6.10 Å². The minimum atomic E-state index is 0.274. The summed E-state index contributed by atoms with van der Waals surface area (Å²) in [6, 6.07) is 6.01. The van der Waals surface area contributed by atoms with Gasteiger partial charge in [-0.15, -0.1) is 0 Å². The lowest BCUT2D eigenvalue weighted by atomic mass is 10.1. The highest BCUT2D eigenvalue weighted by Gasteiger charge is 2.22. The van der Waals surface area contributed by atoms with Crippen LogP contribution >= 0.6 is 0 Å². The SMILES string of the molecule is C=Cn1ncc(CN(Cc2cccc(OC)c2OC)CC2CCCO2)c1C. The first-order chi connectivity index (χ1) is 13.2. The van der Waals surface area contributed by atoms with Crippen LogP contribution in [0.15, 0.2) is 31.0 Å². The van der Waals surface area contributed by atoms with Crippen molar-refractivity contribution in [1.82, 2.24) is 14.7 Å². The second kappa shape index (κ2) is 9.06. The van der Waals surface area contributed by atoms with Gasteiger partial charge in [-0.2, -0.15) is 5.10 Å². The first-order valence-electron chi connectivity index (χ1n) is 9.35. The summed E-state index contributed by atoms with van der Waals surface area (Å²) in [5.41, 5.74) is 3.40. The van der Waals surface area contributed by atoms with Gasteiger partial charge in [-0.05, 0) is 25.8 Å². The lowest BCUT2D eigenvalue weighted by Crippen LogP contribution is -2.31. The van der Waals surface area contributed by atoms with Crippen molar-refractivity contribution in [3.63, 3.8) is 0 Å². The molecule has 3 rings (SSSR count). The van der Waals surface area contributed by atoms with Crippen molar-refractivity contribution in [2.75, 3.05) is 27.4 Å². The van der Waals surface area contributed by atoms with E-state index >= 15 is 0 Å². The normalized spacial score (nSPS) is 16.7. The number of para-hydroxylation sites is 1. The van der Waals surface area contributed by atoms with E-state index in [2.05, 4.69) is 29.6 Å². The Morgan fingerprint density at radius 2 is 2.11 bits per heavy atom. The highest BCUT2D eigenvalue weighted by molar-refractivity contribution is 5.46. The van der Waals surface area contributed by atoms with Crippen LogP contribution in [-0.2, 0) is 17.8 Å². The van der Waals surface area contributed by atoms with Gasteiger partial charge in [0, 0.05) is 49.3 Å². The second-order valence-electron chi connectivity index (χ2n) is 6.84. The number of hydrogen-bond acceptors (Lipinski definition) is 5. The van der Waals surface area contributed by atoms with Gasteiger partial charge in [0.2, 0.25) is 0 Å². The second-order valence-corrected chi connectivity index (χ2v) is 6.84. The van der Waals surface area contributed by atoms with Crippen LogP contribution in [0, 0.1) is 6.92 Å². The molecule has 2 aromatic rings. The third-order valence-corrected chi connectivity index (χ3v) is 5.08. The summed E-state index contributed by atoms with van der Waals surface area (Å²) in [5, 5.41) is 4.38. The fourth-order valence-electron chi connectivity index (χ4n) is 3.62. The molecule has 0 radical (unpaired) electrons. The summed E-state index contributed by atoms with van der Waals surface area (Å²) < 4.78 is 18.8. The van der Waals surface area contributed by atoms with Crippen molar-refractivity contribution in [1.29, 1.82) is 0 Å². The first-order valence-corrected chi connectivity index (χ1v) is 9.35. The summed E-state index contributed by atoms with van der Waals surface area (Å²) >= 11 is 0. The molecule has 1 aliphatic heterocycles. The van der Waals surface area contributed by atoms with Crippen LogP contribution in [-0.4, -0.2) is 48.2 Å². The Kier molecular flexibility index (Phi) is 6.53. The summed E-state index contributed by atoms with van der Waals surface area (Å²) in [4.78, 5) is 2.39. The van der Waals surface area contributed by atoms with Crippen molar-refractivity contribution in [3.8, 4) is 11.5 Å². The fraction of sp³-hybridized carbons (Fsp3) is 0.476. The Balaban J connectivity index is 1.83. The molecule has 146 valence electrons. The summed E-state index contributed by atoms with van der Waals surface area (Å²) in [5.74, 6) is 1.54. The number of rotatable bonds is 9. The molecule has 0 amide bonds. The zero-order valence-electron chi connectivity index (χ0n) is 16.5. The highest BCUT2D eigenvalue weighted by atomic mass is 16.5. The van der Waals surface area contributed by atoms with E-state index in [1.165, 1.54) is 5.56 Å². The molecule has 2 heterocycles. The predicted molar refractivity (Wildman–Crippen MR) is 106 cm³/mol. The van der Waals surface area contributed by atoms with E-state index in [1.807, 2.05) is 23.0 Å². The number of ether oxygens (including phenoxy) is 3. The maximum absolute atomic E-state index is 5.88. The summed E-state index contributed by atoms with van der Waals surface area (Å²) in [7, 11) is 3.35. The van der Waals surface area contributed by atoms with Crippen molar-refractivity contribution in [2.24, 2.45) is 0 Å². The molecule has 1 unspecified atom stereocenters. The average molecular weight is 371 g/mol. The molecule has 0 aliphatic carbocycles. The zero-order valence-corrected chi connectivity index (χ0v) is 16.5. The van der Waals surface area contributed by atoms with Crippen molar-refractivity contribution in [2.45, 2.75) is 39.0 Å². The van der Waals surface area contributed by atoms with E-state index in [1.54, 1.807) is 20.4 Å². The lowest BCUT2D eigenvalue weighted by molar-refractivity contribution is 0.0675. The third-order valence-electron chi connectivity index (χ3n) is 5.08. The molecular weight excluding hydrogens is 342 g/mol. The van der Waals surface area contributed by atoms with Gasteiger partial charge in [-0.3, -0.25) is 4.90 Å². The van der Waals surface area contributed by atoms with E-state index in [0.717, 1.165) is 61.8 Å². The number of benzene rings is 1. The average Bonchev–Trinajstić information content (AvgIpc) is 3.31. The Hall–Kier alpha value is -2.31. The first kappa shape index (κ1) is 19.5. The van der Waals surface area contributed by atoms with Gasteiger partial charge in [0.05, 0.1) is 26.5 Å². The van der Waals surface area contributed by atoms with Crippen LogP contribution in [0.4, 0.5) is 0 Å². The molecule has 1 aromatic heterocycles. The molecule has 0 saturated carbocycles. The van der Waals surface area contributed by atoms with E-state index in [4.69, 9.17) is 14.2 Å². The third kappa shape index (κ3) is 4.51. The molecule has 0 spiro atoms. The van der Waals surface area contributed by atoms with Crippen LogP contribution in [0.5, 0.6) is 11.5 Å².